The maximum Gasteiger partial charge on any atom is 0.261 e. The summed E-state index contributed by atoms with van der Waals surface area (Å²) < 4.78 is 27.5. The molecule has 1 amide bonds. The number of halogens is 1. The molecule has 5 nitrogen and oxygen atoms in total. The predicted octanol–water partition coefficient (Wildman–Crippen LogP) is 6.69. The van der Waals surface area contributed by atoms with E-state index < -0.39 is 10.0 Å². The van der Waals surface area contributed by atoms with Crippen LogP contribution in [0.5, 0.6) is 0 Å². The first-order valence-corrected chi connectivity index (χ1v) is 13.2. The van der Waals surface area contributed by atoms with E-state index in [9.17, 15) is 13.2 Å². The van der Waals surface area contributed by atoms with Gasteiger partial charge in [-0.15, -0.1) is 11.8 Å². The van der Waals surface area contributed by atoms with Gasteiger partial charge in [0.1, 0.15) is 0 Å². The summed E-state index contributed by atoms with van der Waals surface area (Å²) in [6.07, 6.45) is 0. The Hall–Kier alpha value is -3.26. The molecule has 0 aliphatic heterocycles. The van der Waals surface area contributed by atoms with Crippen LogP contribution in [-0.2, 0) is 15.8 Å². The molecule has 0 spiro atoms. The summed E-state index contributed by atoms with van der Waals surface area (Å²) in [6.45, 7) is 0. The van der Waals surface area contributed by atoms with Gasteiger partial charge in [0.2, 0.25) is 0 Å². The SMILES string of the molecule is O=C(Nc1ccc(CSc2ccccc2)cc1)c1ccc(NS(=O)(=O)c2ccccc2)cc1Cl. The van der Waals surface area contributed by atoms with Gasteiger partial charge in [0, 0.05) is 16.3 Å². The van der Waals surface area contributed by atoms with Gasteiger partial charge in [-0.25, -0.2) is 8.42 Å². The summed E-state index contributed by atoms with van der Waals surface area (Å²) in [5, 5.41) is 2.97. The first-order valence-electron chi connectivity index (χ1n) is 10.4. The second kappa shape index (κ2) is 10.8. The van der Waals surface area contributed by atoms with Gasteiger partial charge in [-0.2, -0.15) is 0 Å². The first-order chi connectivity index (χ1) is 16.4. The molecule has 0 fully saturated rings. The molecular weight excluding hydrogens is 488 g/mol. The Balaban J connectivity index is 1.38. The number of thioether (sulfide) groups is 1. The zero-order valence-corrected chi connectivity index (χ0v) is 20.3. The number of hydrogen-bond donors (Lipinski definition) is 2. The van der Waals surface area contributed by atoms with Gasteiger partial charge in [0.15, 0.2) is 0 Å². The molecule has 8 heteroatoms. The van der Waals surface area contributed by atoms with Crippen LogP contribution in [0.2, 0.25) is 5.02 Å². The quantitative estimate of drug-likeness (QED) is 0.260. The van der Waals surface area contributed by atoms with Gasteiger partial charge in [-0.05, 0) is 60.2 Å². The smallest absolute Gasteiger partial charge is 0.261 e. The zero-order chi connectivity index (χ0) is 24.0. The van der Waals surface area contributed by atoms with Crippen molar-refractivity contribution in [1.82, 2.24) is 0 Å². The van der Waals surface area contributed by atoms with Gasteiger partial charge < -0.3 is 5.32 Å². The van der Waals surface area contributed by atoms with Crippen LogP contribution in [0, 0.1) is 0 Å². The van der Waals surface area contributed by atoms with E-state index in [1.807, 2.05) is 42.5 Å². The molecule has 0 atom stereocenters. The second-order valence-electron chi connectivity index (χ2n) is 7.37. The fraction of sp³-hybridized carbons (Fsp3) is 0.0385. The topological polar surface area (TPSA) is 75.3 Å². The van der Waals surface area contributed by atoms with Crippen LogP contribution in [0.15, 0.2) is 113 Å². The lowest BCUT2D eigenvalue weighted by Gasteiger charge is -2.11. The third kappa shape index (κ3) is 6.20. The Kier molecular flexibility index (Phi) is 7.57. The molecule has 172 valence electrons. The molecule has 4 aromatic rings. The first kappa shape index (κ1) is 23.9. The van der Waals surface area contributed by atoms with E-state index in [1.165, 1.54) is 35.2 Å². The number of carbonyl (C=O) groups excluding carboxylic acids is 1. The average molecular weight is 509 g/mol. The van der Waals surface area contributed by atoms with Crippen molar-refractivity contribution in [2.75, 3.05) is 10.0 Å². The molecule has 0 radical (unpaired) electrons. The molecule has 2 N–H and O–H groups in total. The van der Waals surface area contributed by atoms with Gasteiger partial charge >= 0.3 is 0 Å². The number of sulfonamides is 1. The monoisotopic (exact) mass is 508 g/mol. The van der Waals surface area contributed by atoms with Crippen molar-refractivity contribution < 1.29 is 13.2 Å². The molecule has 0 saturated heterocycles. The molecule has 34 heavy (non-hydrogen) atoms. The maximum atomic E-state index is 12.7. The summed E-state index contributed by atoms with van der Waals surface area (Å²) in [7, 11) is -3.75. The minimum Gasteiger partial charge on any atom is -0.322 e. The van der Waals surface area contributed by atoms with Crippen molar-refractivity contribution in [1.29, 1.82) is 0 Å². The molecule has 4 aromatic carbocycles. The van der Waals surface area contributed by atoms with Crippen LogP contribution in [0.4, 0.5) is 11.4 Å². The molecule has 0 heterocycles. The van der Waals surface area contributed by atoms with Crippen LogP contribution in [-0.4, -0.2) is 14.3 Å². The van der Waals surface area contributed by atoms with Gasteiger partial charge in [-0.1, -0.05) is 60.1 Å². The van der Waals surface area contributed by atoms with Crippen molar-refractivity contribution in [2.45, 2.75) is 15.5 Å². The highest BCUT2D eigenvalue weighted by atomic mass is 35.5. The highest BCUT2D eigenvalue weighted by Crippen LogP contribution is 2.26. The third-order valence-electron chi connectivity index (χ3n) is 4.88. The van der Waals surface area contributed by atoms with Crippen LogP contribution < -0.4 is 10.0 Å². The number of amides is 1. The number of carbonyl (C=O) groups is 1. The lowest BCUT2D eigenvalue weighted by atomic mass is 10.1. The van der Waals surface area contributed by atoms with Gasteiger partial charge in [0.25, 0.3) is 15.9 Å². The number of rotatable bonds is 8. The van der Waals surface area contributed by atoms with Crippen molar-refractivity contribution in [3.63, 3.8) is 0 Å². The lowest BCUT2D eigenvalue weighted by Crippen LogP contribution is -2.14. The fourth-order valence-electron chi connectivity index (χ4n) is 3.14. The molecule has 4 rings (SSSR count). The van der Waals surface area contributed by atoms with E-state index in [-0.39, 0.29) is 27.1 Å². The minimum absolute atomic E-state index is 0.138. The molecule has 0 aliphatic carbocycles. The molecule has 0 aromatic heterocycles. The second-order valence-corrected chi connectivity index (χ2v) is 10.5. The maximum absolute atomic E-state index is 12.7. The van der Waals surface area contributed by atoms with E-state index in [4.69, 9.17) is 11.6 Å². The van der Waals surface area contributed by atoms with Crippen molar-refractivity contribution in [3.05, 3.63) is 119 Å². The summed E-state index contributed by atoms with van der Waals surface area (Å²) in [6, 6.07) is 30.2. The van der Waals surface area contributed by atoms with Crippen LogP contribution in [0.25, 0.3) is 0 Å². The average Bonchev–Trinajstić information content (AvgIpc) is 2.84. The minimum atomic E-state index is -3.75. The molecule has 0 bridgehead atoms. The highest BCUT2D eigenvalue weighted by Gasteiger charge is 2.16. The van der Waals surface area contributed by atoms with E-state index in [1.54, 1.807) is 30.0 Å². The number of hydrogen-bond acceptors (Lipinski definition) is 4. The van der Waals surface area contributed by atoms with E-state index >= 15 is 0 Å². The Morgan fingerprint density at radius 1 is 0.794 bits per heavy atom. The molecule has 0 aliphatic rings. The Morgan fingerprint density at radius 2 is 1.41 bits per heavy atom. The van der Waals surface area contributed by atoms with E-state index in [2.05, 4.69) is 22.2 Å². The third-order valence-corrected chi connectivity index (χ3v) is 7.67. The van der Waals surface area contributed by atoms with Crippen LogP contribution >= 0.6 is 23.4 Å². The Morgan fingerprint density at radius 3 is 2.06 bits per heavy atom. The highest BCUT2D eigenvalue weighted by molar-refractivity contribution is 7.98. The predicted molar refractivity (Wildman–Crippen MR) is 139 cm³/mol. The molecular formula is C26H21ClN2O3S2. The van der Waals surface area contributed by atoms with Gasteiger partial charge in [0.05, 0.1) is 21.2 Å². The molecule has 0 saturated carbocycles. The van der Waals surface area contributed by atoms with E-state index in [0.717, 1.165) is 11.3 Å². The number of nitrogens with one attached hydrogen (secondary N) is 2. The number of benzene rings is 4. The van der Waals surface area contributed by atoms with E-state index in [0.29, 0.717) is 5.69 Å². The van der Waals surface area contributed by atoms with Crippen molar-refractivity contribution in [3.8, 4) is 0 Å². The Bertz CT molecular complexity index is 1380. The number of anilines is 2. The van der Waals surface area contributed by atoms with Crippen LogP contribution in [0.3, 0.4) is 0 Å². The zero-order valence-electron chi connectivity index (χ0n) is 17.9. The molecule has 0 unspecified atom stereocenters. The lowest BCUT2D eigenvalue weighted by molar-refractivity contribution is 0.102. The van der Waals surface area contributed by atoms with Crippen molar-refractivity contribution in [2.24, 2.45) is 0 Å². The summed E-state index contributed by atoms with van der Waals surface area (Å²) in [5.74, 6) is 0.443. The summed E-state index contributed by atoms with van der Waals surface area (Å²) >= 11 is 8.03. The summed E-state index contributed by atoms with van der Waals surface area (Å²) in [4.78, 5) is 14.0. The Labute approximate surface area is 208 Å². The van der Waals surface area contributed by atoms with Crippen LogP contribution in [0.1, 0.15) is 15.9 Å². The fourth-order valence-corrected chi connectivity index (χ4v) is 5.35. The standard InChI is InChI=1S/C26H21ClN2O3S2/c27-25-17-21(29-34(31,32)23-9-5-2-6-10-23)15-16-24(25)26(30)28-20-13-11-19(12-14-20)18-33-22-7-3-1-4-8-22/h1-17,29H,18H2,(H,28,30). The normalized spacial score (nSPS) is 11.1. The van der Waals surface area contributed by atoms with Gasteiger partial charge in [-0.3, -0.25) is 9.52 Å². The van der Waals surface area contributed by atoms with Crippen molar-refractivity contribution >= 4 is 50.7 Å². The summed E-state index contributed by atoms with van der Waals surface area (Å²) in [5.41, 5.74) is 2.29. The largest absolute Gasteiger partial charge is 0.322 e.